The van der Waals surface area contributed by atoms with Crippen LogP contribution in [0.3, 0.4) is 0 Å². The van der Waals surface area contributed by atoms with Crippen LogP contribution in [-0.2, 0) is 25.1 Å². The number of carbonyl (C=O) groups is 3. The molecule has 1 unspecified atom stereocenters. The number of rotatable bonds is 12. The molecule has 0 spiro atoms. The van der Waals surface area contributed by atoms with Crippen molar-refractivity contribution < 1.29 is 33.3 Å². The first-order valence-corrected chi connectivity index (χ1v) is 25.0. The van der Waals surface area contributed by atoms with Crippen LogP contribution in [-0.4, -0.2) is 80.6 Å². The van der Waals surface area contributed by atoms with Crippen molar-refractivity contribution in [3.8, 4) is 22.9 Å². The van der Waals surface area contributed by atoms with Gasteiger partial charge in [0.25, 0.3) is 0 Å². The minimum absolute atomic E-state index is 0.0670. The zero-order valence-electron chi connectivity index (χ0n) is 35.9. The normalized spacial score (nSPS) is 25.6. The van der Waals surface area contributed by atoms with Gasteiger partial charge in [0.05, 0.1) is 31.0 Å². The fourth-order valence-corrected chi connectivity index (χ4v) is 12.6. The maximum absolute atomic E-state index is 14.9. The van der Waals surface area contributed by atoms with Crippen LogP contribution in [0.1, 0.15) is 96.5 Å². The number of fused-ring (bicyclic) bond motifs is 3. The van der Waals surface area contributed by atoms with Gasteiger partial charge in [-0.1, -0.05) is 68.2 Å². The van der Waals surface area contributed by atoms with Crippen molar-refractivity contribution in [3.05, 3.63) is 77.7 Å². The molecule has 6 atom stereocenters. The van der Waals surface area contributed by atoms with E-state index in [-0.39, 0.29) is 42.9 Å². The Balaban J connectivity index is 1.13. The number of nitrogens with zero attached hydrogens (tertiary/aromatic N) is 3. The van der Waals surface area contributed by atoms with E-state index in [1.165, 1.54) is 16.2 Å². The van der Waals surface area contributed by atoms with Gasteiger partial charge in [0.15, 0.2) is 5.13 Å². The van der Waals surface area contributed by atoms with Gasteiger partial charge in [0.2, 0.25) is 25.1 Å². The summed E-state index contributed by atoms with van der Waals surface area (Å²) in [4.78, 5) is 66.5. The van der Waals surface area contributed by atoms with Gasteiger partial charge in [-0.25, -0.2) is 9.97 Å². The molecule has 4 heterocycles. The third-order valence-corrected chi connectivity index (χ3v) is 16.2. The molecule has 2 aromatic heterocycles. The molecule has 2 saturated carbocycles. The molecule has 4 aromatic rings. The summed E-state index contributed by atoms with van der Waals surface area (Å²) in [5, 5.41) is 11.6. The van der Waals surface area contributed by atoms with Crippen LogP contribution in [0.2, 0.25) is 0 Å². The van der Waals surface area contributed by atoms with Crippen molar-refractivity contribution in [2.45, 2.75) is 127 Å². The zero-order chi connectivity index (χ0) is 43.4. The number of hydrogen-bond acceptors (Lipinski definition) is 10. The van der Waals surface area contributed by atoms with Crippen LogP contribution in [0.4, 0.5) is 5.13 Å². The highest BCUT2D eigenvalue weighted by Crippen LogP contribution is 2.71. The Hall–Kier alpha value is -4.78. The van der Waals surface area contributed by atoms with Gasteiger partial charge < -0.3 is 35.2 Å². The predicted octanol–water partition coefficient (Wildman–Crippen LogP) is 8.42. The van der Waals surface area contributed by atoms with Gasteiger partial charge in [-0.2, -0.15) is 0 Å². The number of anilines is 1. The van der Waals surface area contributed by atoms with E-state index in [1.54, 1.807) is 7.11 Å². The zero-order valence-corrected chi connectivity index (χ0v) is 37.6. The maximum atomic E-state index is 14.9. The highest BCUT2D eigenvalue weighted by Gasteiger charge is 2.66. The number of methoxy groups -OCH3 is 1. The summed E-state index contributed by atoms with van der Waals surface area (Å²) in [7, 11) is -2.45. The van der Waals surface area contributed by atoms with E-state index < -0.39 is 36.7 Å². The average molecular weight is 883 g/mol. The largest absolute Gasteiger partial charge is 0.497 e. The number of allylic oxidation sites excluding steroid dienone is 1. The molecule has 2 aliphatic carbocycles. The molecule has 3 amide bonds. The number of amides is 3. The second-order valence-electron chi connectivity index (χ2n) is 17.8. The fraction of sp³-hybridized carbons (Fsp3) is 0.511. The number of thiazole rings is 1. The quantitative estimate of drug-likeness (QED) is 0.0800. The molecule has 0 bridgehead atoms. The van der Waals surface area contributed by atoms with E-state index in [2.05, 4.69) is 22.0 Å². The molecule has 62 heavy (non-hydrogen) atoms. The van der Waals surface area contributed by atoms with Crippen molar-refractivity contribution in [2.24, 2.45) is 11.8 Å². The number of ether oxygens (including phenoxy) is 2. The molecule has 8 rings (SSSR count). The molecule has 13 nitrogen and oxygen atoms in total. The molecular weight excluding hydrogens is 824 g/mol. The summed E-state index contributed by atoms with van der Waals surface area (Å²) < 4.78 is 26.9. The van der Waals surface area contributed by atoms with E-state index in [1.807, 2.05) is 79.9 Å². The maximum Gasteiger partial charge on any atom is 0.245 e. The summed E-state index contributed by atoms with van der Waals surface area (Å²) in [6.45, 7) is 4.17. The molecule has 2 aliphatic heterocycles. The molecule has 4 N–H and O–H groups in total. The lowest BCUT2D eigenvalue weighted by molar-refractivity contribution is -0.142. The molecule has 3 fully saturated rings. The minimum Gasteiger partial charge on any atom is -0.497 e. The topological polar surface area (TPSA) is 172 Å². The summed E-state index contributed by atoms with van der Waals surface area (Å²) in [5.74, 6) is 0.0953. The summed E-state index contributed by atoms with van der Waals surface area (Å²) >= 11 is 1.48. The molecule has 2 aromatic carbocycles. The smallest absolute Gasteiger partial charge is 0.245 e. The average Bonchev–Trinajstić information content (AvgIpc) is 3.66. The van der Waals surface area contributed by atoms with Gasteiger partial charge in [-0.15, -0.1) is 11.3 Å². The summed E-state index contributed by atoms with van der Waals surface area (Å²) in [5.41, 5.74) is 2.59. The molecule has 0 radical (unpaired) electrons. The lowest BCUT2D eigenvalue weighted by atomic mass is 10.0. The van der Waals surface area contributed by atoms with Crippen LogP contribution < -0.4 is 25.4 Å². The Morgan fingerprint density at radius 3 is 2.60 bits per heavy atom. The molecular formula is C47H59N6O7PS. The van der Waals surface area contributed by atoms with E-state index >= 15 is 0 Å². The molecule has 330 valence electrons. The van der Waals surface area contributed by atoms with Gasteiger partial charge in [0.1, 0.15) is 40.7 Å². The van der Waals surface area contributed by atoms with Gasteiger partial charge >= 0.3 is 0 Å². The number of hydrogen-bond donors (Lipinski definition) is 4. The Morgan fingerprint density at radius 1 is 1.03 bits per heavy atom. The van der Waals surface area contributed by atoms with E-state index in [0.29, 0.717) is 59.1 Å². The van der Waals surface area contributed by atoms with Crippen molar-refractivity contribution in [1.82, 2.24) is 25.5 Å². The molecule has 1 saturated heterocycles. The van der Waals surface area contributed by atoms with Crippen LogP contribution in [0.5, 0.6) is 11.5 Å². The van der Waals surface area contributed by atoms with Crippen molar-refractivity contribution in [1.29, 1.82) is 0 Å². The van der Waals surface area contributed by atoms with Crippen molar-refractivity contribution in [2.75, 3.05) is 19.0 Å². The molecule has 15 heteroatoms. The second kappa shape index (κ2) is 18.9. The lowest BCUT2D eigenvalue weighted by Crippen LogP contribution is -2.55. The number of aromatic nitrogens is 2. The fourth-order valence-electron chi connectivity index (χ4n) is 9.43. The molecule has 4 aliphatic rings. The Bertz CT molecular complexity index is 2330. The first kappa shape index (κ1) is 43.9. The number of pyridine rings is 1. The van der Waals surface area contributed by atoms with Crippen LogP contribution in [0.15, 0.2) is 72.1 Å². The van der Waals surface area contributed by atoms with E-state index in [9.17, 15) is 23.8 Å². The monoisotopic (exact) mass is 882 g/mol. The van der Waals surface area contributed by atoms with Crippen molar-refractivity contribution >= 4 is 52.5 Å². The van der Waals surface area contributed by atoms with E-state index in [0.717, 1.165) is 61.9 Å². The highest BCUT2D eigenvalue weighted by molar-refractivity contribution is 7.59. The second-order valence-corrected chi connectivity index (χ2v) is 21.2. The van der Waals surface area contributed by atoms with Crippen LogP contribution >= 0.6 is 18.7 Å². The first-order chi connectivity index (χ1) is 29.9. The minimum atomic E-state index is -4.04. The van der Waals surface area contributed by atoms with E-state index in [4.69, 9.17) is 19.4 Å². The Morgan fingerprint density at radius 2 is 1.82 bits per heavy atom. The number of nitrogens with one attached hydrogen (secondary N) is 3. The predicted molar refractivity (Wildman–Crippen MR) is 242 cm³/mol. The SMILES string of the molecule is COc1ccc2c(O[C@@H]3C[C@H]4C(=O)N[C@]5(P(=O)(O)Cc6ccccc6)C[C@H]5C=CCCCCC[C@H](NC(=O)CC5CCCC5)C(=O)N4C3)cc(-c3csc(NC(C)C)n3)nc2c1. The Labute approximate surface area is 367 Å². The number of benzene rings is 2. The summed E-state index contributed by atoms with van der Waals surface area (Å²) in [6.07, 6.45) is 12.0. The standard InChI is InChI=1S/C47H59N6O7PS/c1-30(2)48-46-51-40(29-62-46)39-25-42(36-21-20-34(59-3)23-38(36)49-39)60-35-24-41-44(55)52-47(61(57,58)28-32-16-8-7-9-17-32)26-33(47)18-10-5-4-6-11-19-37(45(56)53(41)27-35)50-43(54)22-31-14-12-13-15-31/h7-10,16-18,20-21,23,25,29-31,33,35,37,41H,4-6,11-15,19,22,24,26-28H2,1-3H3,(H,48,51)(H,50,54)(H,52,55)(H,57,58)/t33-,35-,37+,41+,47+/m1/s1. The first-order valence-electron chi connectivity index (χ1n) is 22.2. The summed E-state index contributed by atoms with van der Waals surface area (Å²) in [6, 6.07) is 14.9. The number of carbonyl (C=O) groups excluding carboxylic acids is 3. The highest BCUT2D eigenvalue weighted by atomic mass is 32.1. The van der Waals surface area contributed by atoms with Crippen LogP contribution in [0.25, 0.3) is 22.3 Å². The third-order valence-electron chi connectivity index (χ3n) is 12.8. The van der Waals surface area contributed by atoms with Gasteiger partial charge in [0, 0.05) is 47.7 Å². The van der Waals surface area contributed by atoms with Gasteiger partial charge in [-0.05, 0) is 76.0 Å². The van der Waals surface area contributed by atoms with Crippen molar-refractivity contribution in [3.63, 3.8) is 0 Å². The Kier molecular flexibility index (Phi) is 13.4. The third kappa shape index (κ3) is 9.87. The van der Waals surface area contributed by atoms with Crippen LogP contribution in [0, 0.1) is 11.8 Å². The lowest BCUT2D eigenvalue weighted by Gasteiger charge is -2.31. The van der Waals surface area contributed by atoms with Gasteiger partial charge in [-0.3, -0.25) is 18.9 Å².